The van der Waals surface area contributed by atoms with Crippen molar-refractivity contribution in [2.24, 2.45) is 0 Å². The summed E-state index contributed by atoms with van der Waals surface area (Å²) in [5, 5.41) is 12.6. The molecule has 0 radical (unpaired) electrons. The Labute approximate surface area is 172 Å². The maximum absolute atomic E-state index is 12.6. The molecule has 6 nitrogen and oxygen atoms in total. The number of amides is 1. The standard InChI is InChI=1S/C22H19N3O3S/c1-15-4-6-16(7-5-15)21(19-3-2-12-29-19)24-20(26)13-27-18-10-8-17(9-11-18)22-25-23-14-28-22/h2-12,14,21H,13H2,1H3,(H,24,26)/t21-/m1/s1. The number of nitrogens with one attached hydrogen (secondary N) is 1. The molecule has 0 saturated carbocycles. The molecule has 2 heterocycles. The largest absolute Gasteiger partial charge is 0.484 e. The Bertz CT molecular complexity index is 1040. The number of ether oxygens (including phenoxy) is 1. The lowest BCUT2D eigenvalue weighted by molar-refractivity contribution is -0.123. The first kappa shape index (κ1) is 18.9. The van der Waals surface area contributed by atoms with Crippen LogP contribution in [0, 0.1) is 6.92 Å². The van der Waals surface area contributed by atoms with Gasteiger partial charge in [0.05, 0.1) is 6.04 Å². The van der Waals surface area contributed by atoms with Crippen molar-refractivity contribution in [2.45, 2.75) is 13.0 Å². The number of carbonyl (C=O) groups excluding carboxylic acids is 1. The summed E-state index contributed by atoms with van der Waals surface area (Å²) in [7, 11) is 0. The summed E-state index contributed by atoms with van der Waals surface area (Å²) < 4.78 is 10.8. The number of rotatable bonds is 7. The number of carbonyl (C=O) groups is 1. The van der Waals surface area contributed by atoms with E-state index in [0.29, 0.717) is 11.6 Å². The third-order valence-electron chi connectivity index (χ3n) is 4.37. The molecule has 2 aromatic carbocycles. The number of hydrogen-bond donors (Lipinski definition) is 1. The predicted molar refractivity (Wildman–Crippen MR) is 111 cm³/mol. The number of thiophene rings is 1. The lowest BCUT2D eigenvalue weighted by atomic mass is 10.0. The Hall–Kier alpha value is -3.45. The Morgan fingerprint density at radius 2 is 1.93 bits per heavy atom. The van der Waals surface area contributed by atoms with Gasteiger partial charge in [-0.1, -0.05) is 35.9 Å². The van der Waals surface area contributed by atoms with Gasteiger partial charge in [-0.25, -0.2) is 0 Å². The molecule has 1 amide bonds. The molecule has 7 heteroatoms. The average molecular weight is 405 g/mol. The zero-order valence-electron chi connectivity index (χ0n) is 15.7. The van der Waals surface area contributed by atoms with E-state index in [1.54, 1.807) is 23.5 Å². The van der Waals surface area contributed by atoms with Gasteiger partial charge in [0.15, 0.2) is 6.61 Å². The van der Waals surface area contributed by atoms with E-state index in [1.807, 2.05) is 60.8 Å². The lowest BCUT2D eigenvalue weighted by Crippen LogP contribution is -2.32. The number of aryl methyl sites for hydroxylation is 1. The van der Waals surface area contributed by atoms with Gasteiger partial charge in [0, 0.05) is 10.4 Å². The second kappa shape index (κ2) is 8.70. The molecular weight excluding hydrogens is 386 g/mol. The molecule has 0 aliphatic carbocycles. The molecule has 4 aromatic rings. The van der Waals surface area contributed by atoms with E-state index in [9.17, 15) is 4.79 Å². The van der Waals surface area contributed by atoms with Crippen LogP contribution in [0.15, 0.2) is 76.9 Å². The second-order valence-electron chi connectivity index (χ2n) is 6.48. The molecular formula is C22H19N3O3S. The molecule has 0 saturated heterocycles. The van der Waals surface area contributed by atoms with Gasteiger partial charge in [0.25, 0.3) is 5.91 Å². The van der Waals surface area contributed by atoms with Gasteiger partial charge in [-0.15, -0.1) is 21.5 Å². The summed E-state index contributed by atoms with van der Waals surface area (Å²) in [5.74, 6) is 0.836. The second-order valence-corrected chi connectivity index (χ2v) is 7.46. The van der Waals surface area contributed by atoms with E-state index in [-0.39, 0.29) is 18.6 Å². The molecule has 0 unspecified atom stereocenters. The van der Waals surface area contributed by atoms with Crippen LogP contribution in [0.5, 0.6) is 5.75 Å². The smallest absolute Gasteiger partial charge is 0.258 e. The summed E-state index contributed by atoms with van der Waals surface area (Å²) in [4.78, 5) is 13.6. The van der Waals surface area contributed by atoms with Crippen molar-refractivity contribution >= 4 is 17.2 Å². The summed E-state index contributed by atoms with van der Waals surface area (Å²) in [5.41, 5.74) is 3.00. The van der Waals surface area contributed by atoms with E-state index in [1.165, 1.54) is 12.0 Å². The van der Waals surface area contributed by atoms with E-state index in [0.717, 1.165) is 16.0 Å². The van der Waals surface area contributed by atoms with Crippen LogP contribution in [0.4, 0.5) is 0 Å². The van der Waals surface area contributed by atoms with Crippen molar-refractivity contribution in [1.82, 2.24) is 15.5 Å². The van der Waals surface area contributed by atoms with Crippen molar-refractivity contribution in [1.29, 1.82) is 0 Å². The fourth-order valence-corrected chi connectivity index (χ4v) is 3.68. The predicted octanol–water partition coefficient (Wildman–Crippen LogP) is 4.39. The van der Waals surface area contributed by atoms with Gasteiger partial charge >= 0.3 is 0 Å². The topological polar surface area (TPSA) is 77.2 Å². The zero-order valence-corrected chi connectivity index (χ0v) is 16.6. The average Bonchev–Trinajstić information content (AvgIpc) is 3.46. The first-order chi connectivity index (χ1) is 14.2. The van der Waals surface area contributed by atoms with E-state index in [2.05, 4.69) is 15.5 Å². The van der Waals surface area contributed by atoms with Crippen LogP contribution in [-0.4, -0.2) is 22.7 Å². The third-order valence-corrected chi connectivity index (χ3v) is 5.31. The molecule has 1 N–H and O–H groups in total. The SMILES string of the molecule is Cc1ccc([C@@H](NC(=O)COc2ccc(-c3nnco3)cc2)c2cccs2)cc1. The maximum atomic E-state index is 12.6. The molecule has 0 spiro atoms. The van der Waals surface area contributed by atoms with Crippen molar-refractivity contribution in [3.8, 4) is 17.2 Å². The van der Waals surface area contributed by atoms with E-state index >= 15 is 0 Å². The highest BCUT2D eigenvalue weighted by molar-refractivity contribution is 7.10. The minimum absolute atomic E-state index is 0.0758. The van der Waals surface area contributed by atoms with Crippen LogP contribution in [0.25, 0.3) is 11.5 Å². The van der Waals surface area contributed by atoms with Crippen LogP contribution >= 0.6 is 11.3 Å². The van der Waals surface area contributed by atoms with Gasteiger partial charge in [-0.3, -0.25) is 4.79 Å². The first-order valence-corrected chi connectivity index (χ1v) is 9.96. The Morgan fingerprint density at radius 3 is 2.59 bits per heavy atom. The Morgan fingerprint density at radius 1 is 1.14 bits per heavy atom. The normalized spacial score (nSPS) is 11.8. The minimum Gasteiger partial charge on any atom is -0.484 e. The van der Waals surface area contributed by atoms with Crippen LogP contribution in [-0.2, 0) is 4.79 Å². The number of nitrogens with zero attached hydrogens (tertiary/aromatic N) is 2. The molecule has 1 atom stereocenters. The molecule has 0 aliphatic heterocycles. The summed E-state index contributed by atoms with van der Waals surface area (Å²) in [6.07, 6.45) is 1.28. The molecule has 0 aliphatic rings. The Kier molecular flexibility index (Phi) is 5.67. The zero-order chi connectivity index (χ0) is 20.1. The van der Waals surface area contributed by atoms with Crippen molar-refractivity contribution in [3.05, 3.63) is 88.4 Å². The van der Waals surface area contributed by atoms with Crippen LogP contribution < -0.4 is 10.1 Å². The van der Waals surface area contributed by atoms with Gasteiger partial charge < -0.3 is 14.5 Å². The first-order valence-electron chi connectivity index (χ1n) is 9.08. The molecule has 2 aromatic heterocycles. The summed E-state index contributed by atoms with van der Waals surface area (Å²) in [6, 6.07) is 19.1. The van der Waals surface area contributed by atoms with E-state index < -0.39 is 0 Å². The highest BCUT2D eigenvalue weighted by Crippen LogP contribution is 2.26. The van der Waals surface area contributed by atoms with Crippen molar-refractivity contribution < 1.29 is 13.9 Å². The minimum atomic E-state index is -0.202. The fourth-order valence-electron chi connectivity index (χ4n) is 2.88. The van der Waals surface area contributed by atoms with Crippen molar-refractivity contribution in [2.75, 3.05) is 6.61 Å². The monoisotopic (exact) mass is 405 g/mol. The maximum Gasteiger partial charge on any atom is 0.258 e. The summed E-state index contributed by atoms with van der Waals surface area (Å²) >= 11 is 1.61. The number of aromatic nitrogens is 2. The van der Waals surface area contributed by atoms with Crippen molar-refractivity contribution in [3.63, 3.8) is 0 Å². The molecule has 29 heavy (non-hydrogen) atoms. The molecule has 146 valence electrons. The third kappa shape index (κ3) is 4.70. The van der Waals surface area contributed by atoms with Crippen LogP contribution in [0.2, 0.25) is 0 Å². The van der Waals surface area contributed by atoms with E-state index in [4.69, 9.17) is 9.15 Å². The quantitative estimate of drug-likeness (QED) is 0.493. The summed E-state index contributed by atoms with van der Waals surface area (Å²) in [6.45, 7) is 1.97. The van der Waals surface area contributed by atoms with Gasteiger partial charge in [0.1, 0.15) is 5.75 Å². The molecule has 0 fully saturated rings. The van der Waals surface area contributed by atoms with Gasteiger partial charge in [-0.05, 0) is 48.2 Å². The van der Waals surface area contributed by atoms with Gasteiger partial charge in [-0.2, -0.15) is 0 Å². The molecule has 0 bridgehead atoms. The van der Waals surface area contributed by atoms with Gasteiger partial charge in [0.2, 0.25) is 12.3 Å². The highest BCUT2D eigenvalue weighted by atomic mass is 32.1. The number of hydrogen-bond acceptors (Lipinski definition) is 6. The molecule has 4 rings (SSSR count). The lowest BCUT2D eigenvalue weighted by Gasteiger charge is -2.18. The fraction of sp³-hybridized carbons (Fsp3) is 0.136. The number of benzene rings is 2. The Balaban J connectivity index is 1.40. The van der Waals surface area contributed by atoms with Crippen LogP contribution in [0.3, 0.4) is 0 Å². The van der Waals surface area contributed by atoms with Crippen LogP contribution in [0.1, 0.15) is 22.0 Å². The highest BCUT2D eigenvalue weighted by Gasteiger charge is 2.18.